The van der Waals surface area contributed by atoms with Crippen LogP contribution in [0.2, 0.25) is 10.0 Å². The zero-order chi connectivity index (χ0) is 22.3. The Balaban J connectivity index is 1.81. The van der Waals surface area contributed by atoms with Gasteiger partial charge in [-0.3, -0.25) is 14.1 Å². The largest absolute Gasteiger partial charge is 0.277 e. The molecule has 0 amide bonds. The van der Waals surface area contributed by atoms with Crippen LogP contribution in [0.25, 0.3) is 16.6 Å². The third-order valence-corrected chi connectivity index (χ3v) is 6.70. The second kappa shape index (κ2) is 7.96. The molecule has 158 valence electrons. The molecule has 4 rings (SSSR count). The molecule has 0 radical (unpaired) electrons. The fourth-order valence-corrected chi connectivity index (χ4v) is 4.57. The van der Waals surface area contributed by atoms with Crippen LogP contribution in [0.15, 0.2) is 70.4 Å². The summed E-state index contributed by atoms with van der Waals surface area (Å²) in [7, 11) is -4.17. The van der Waals surface area contributed by atoms with Crippen molar-refractivity contribution in [1.82, 2.24) is 9.55 Å². The molecule has 4 aromatic rings. The lowest BCUT2D eigenvalue weighted by molar-refractivity contribution is 0.598. The molecule has 0 fully saturated rings. The number of para-hydroxylation sites is 1. The van der Waals surface area contributed by atoms with Gasteiger partial charge in [0.05, 0.1) is 37.2 Å². The minimum Gasteiger partial charge on any atom is -0.277 e. The van der Waals surface area contributed by atoms with Gasteiger partial charge in [-0.15, -0.1) is 0 Å². The molecule has 1 aromatic heterocycles. The topological polar surface area (TPSA) is 81.1 Å². The number of halogens is 3. The van der Waals surface area contributed by atoms with Crippen molar-refractivity contribution in [2.75, 3.05) is 4.72 Å². The van der Waals surface area contributed by atoms with Gasteiger partial charge < -0.3 is 0 Å². The van der Waals surface area contributed by atoms with Gasteiger partial charge in [-0.1, -0.05) is 35.3 Å². The SMILES string of the molecule is Cc1nc2ccccc2c(=O)n1-c1ccc(F)c(NS(=O)(=O)c2ccc(Cl)c(Cl)c2)c1. The van der Waals surface area contributed by atoms with Crippen molar-refractivity contribution in [3.63, 3.8) is 0 Å². The van der Waals surface area contributed by atoms with Gasteiger partial charge in [0, 0.05) is 0 Å². The number of nitrogens with one attached hydrogen (secondary N) is 1. The fourth-order valence-electron chi connectivity index (χ4n) is 3.13. The molecule has 0 saturated carbocycles. The maximum absolute atomic E-state index is 14.5. The third-order valence-electron chi connectivity index (χ3n) is 4.60. The van der Waals surface area contributed by atoms with Gasteiger partial charge in [0.1, 0.15) is 11.6 Å². The Bertz CT molecular complexity index is 1500. The van der Waals surface area contributed by atoms with Crippen LogP contribution in [0.5, 0.6) is 0 Å². The Labute approximate surface area is 186 Å². The molecule has 0 aliphatic rings. The molecule has 10 heteroatoms. The van der Waals surface area contributed by atoms with Crippen LogP contribution in [-0.4, -0.2) is 18.0 Å². The van der Waals surface area contributed by atoms with E-state index >= 15 is 0 Å². The summed E-state index contributed by atoms with van der Waals surface area (Å²) in [4.78, 5) is 17.2. The summed E-state index contributed by atoms with van der Waals surface area (Å²) >= 11 is 11.7. The summed E-state index contributed by atoms with van der Waals surface area (Å²) in [5.74, 6) is -0.444. The number of fused-ring (bicyclic) bond motifs is 1. The van der Waals surface area contributed by atoms with E-state index in [4.69, 9.17) is 23.2 Å². The van der Waals surface area contributed by atoms with E-state index in [0.29, 0.717) is 16.7 Å². The van der Waals surface area contributed by atoms with Gasteiger partial charge >= 0.3 is 0 Å². The molecule has 0 aliphatic heterocycles. The fraction of sp³-hybridized carbons (Fsp3) is 0.0476. The maximum atomic E-state index is 14.5. The van der Waals surface area contributed by atoms with Crippen LogP contribution in [0.1, 0.15) is 5.82 Å². The van der Waals surface area contributed by atoms with Crippen molar-refractivity contribution >= 4 is 49.8 Å². The van der Waals surface area contributed by atoms with Crippen LogP contribution in [0.4, 0.5) is 10.1 Å². The number of hydrogen-bond donors (Lipinski definition) is 1. The highest BCUT2D eigenvalue weighted by molar-refractivity contribution is 7.92. The summed E-state index contributed by atoms with van der Waals surface area (Å²) in [5.41, 5.74) is 0.105. The van der Waals surface area contributed by atoms with Gasteiger partial charge in [0.2, 0.25) is 0 Å². The number of aromatic nitrogens is 2. The number of anilines is 1. The lowest BCUT2D eigenvalue weighted by Crippen LogP contribution is -2.22. The maximum Gasteiger partial charge on any atom is 0.265 e. The highest BCUT2D eigenvalue weighted by Gasteiger charge is 2.19. The first-order valence-electron chi connectivity index (χ1n) is 8.93. The van der Waals surface area contributed by atoms with E-state index in [2.05, 4.69) is 9.71 Å². The Kier molecular flexibility index (Phi) is 5.47. The second-order valence-electron chi connectivity index (χ2n) is 6.66. The predicted molar refractivity (Wildman–Crippen MR) is 119 cm³/mol. The standard InChI is InChI=1S/C21H14Cl2FN3O3S/c1-12-25-19-5-3-2-4-15(19)21(28)27(12)13-6-9-18(24)20(10-13)26-31(29,30)14-7-8-16(22)17(23)11-14/h2-11,26H,1H3. The molecule has 3 aromatic carbocycles. The van der Waals surface area contributed by atoms with Crippen LogP contribution in [0, 0.1) is 12.7 Å². The summed E-state index contributed by atoms with van der Waals surface area (Å²) < 4.78 is 43.4. The van der Waals surface area contributed by atoms with Gasteiger partial charge in [-0.25, -0.2) is 17.8 Å². The normalized spacial score (nSPS) is 11.6. The van der Waals surface area contributed by atoms with Crippen molar-refractivity contribution in [2.24, 2.45) is 0 Å². The Morgan fingerprint density at radius 3 is 2.48 bits per heavy atom. The van der Waals surface area contributed by atoms with E-state index in [9.17, 15) is 17.6 Å². The van der Waals surface area contributed by atoms with Gasteiger partial charge in [-0.2, -0.15) is 0 Å². The molecule has 1 heterocycles. The molecule has 1 N–H and O–H groups in total. The molecular formula is C21H14Cl2FN3O3S. The predicted octanol–water partition coefficient (Wildman–Crippen LogP) is 4.94. The summed E-state index contributed by atoms with van der Waals surface area (Å²) in [6.45, 7) is 1.64. The monoisotopic (exact) mass is 477 g/mol. The zero-order valence-electron chi connectivity index (χ0n) is 15.9. The molecule has 0 atom stereocenters. The van der Waals surface area contributed by atoms with Crippen LogP contribution in [0.3, 0.4) is 0 Å². The molecule has 0 bridgehead atoms. The quantitative estimate of drug-likeness (QED) is 0.451. The average molecular weight is 478 g/mol. The van der Waals surface area contributed by atoms with Crippen LogP contribution < -0.4 is 10.3 Å². The Hall–Kier alpha value is -2.94. The molecule has 6 nitrogen and oxygen atoms in total. The summed E-state index contributed by atoms with van der Waals surface area (Å²) in [6, 6.07) is 14.3. The van der Waals surface area contributed by atoms with Crippen LogP contribution in [-0.2, 0) is 10.0 Å². The Morgan fingerprint density at radius 1 is 1.00 bits per heavy atom. The first-order valence-corrected chi connectivity index (χ1v) is 11.2. The molecule has 31 heavy (non-hydrogen) atoms. The lowest BCUT2D eigenvalue weighted by Gasteiger charge is -2.14. The van der Waals surface area contributed by atoms with Crippen molar-refractivity contribution in [2.45, 2.75) is 11.8 Å². The molecular weight excluding hydrogens is 464 g/mol. The smallest absolute Gasteiger partial charge is 0.265 e. The highest BCUT2D eigenvalue weighted by atomic mass is 35.5. The first-order chi connectivity index (χ1) is 14.7. The number of sulfonamides is 1. The highest BCUT2D eigenvalue weighted by Crippen LogP contribution is 2.27. The number of nitrogens with zero attached hydrogens (tertiary/aromatic N) is 2. The van der Waals surface area contributed by atoms with Crippen molar-refractivity contribution in [3.8, 4) is 5.69 Å². The number of benzene rings is 3. The van der Waals surface area contributed by atoms with Crippen molar-refractivity contribution in [3.05, 3.63) is 92.7 Å². The van der Waals surface area contributed by atoms with Crippen LogP contribution >= 0.6 is 23.2 Å². The van der Waals surface area contributed by atoms with E-state index in [1.165, 1.54) is 28.8 Å². The Morgan fingerprint density at radius 2 is 1.74 bits per heavy atom. The first kappa shape index (κ1) is 21.3. The minimum atomic E-state index is -4.17. The van der Waals surface area contributed by atoms with Crippen molar-refractivity contribution < 1.29 is 12.8 Å². The van der Waals surface area contributed by atoms with Gasteiger partial charge in [0.25, 0.3) is 15.6 Å². The molecule has 0 unspecified atom stereocenters. The van der Waals surface area contributed by atoms with E-state index in [0.717, 1.165) is 12.1 Å². The summed E-state index contributed by atoms with van der Waals surface area (Å²) in [5, 5.41) is 0.617. The van der Waals surface area contributed by atoms with E-state index in [1.807, 2.05) is 0 Å². The van der Waals surface area contributed by atoms with E-state index in [1.54, 1.807) is 31.2 Å². The number of hydrogen-bond acceptors (Lipinski definition) is 4. The minimum absolute atomic E-state index is 0.0446. The third kappa shape index (κ3) is 4.01. The zero-order valence-corrected chi connectivity index (χ0v) is 18.3. The average Bonchev–Trinajstić information content (AvgIpc) is 2.72. The number of rotatable bonds is 4. The van der Waals surface area contributed by atoms with Gasteiger partial charge in [-0.05, 0) is 55.5 Å². The second-order valence-corrected chi connectivity index (χ2v) is 9.16. The van der Waals surface area contributed by atoms with Crippen molar-refractivity contribution in [1.29, 1.82) is 0 Å². The van der Waals surface area contributed by atoms with E-state index < -0.39 is 15.8 Å². The molecule has 0 aliphatic carbocycles. The number of aryl methyl sites for hydroxylation is 1. The molecule has 0 saturated heterocycles. The summed E-state index contributed by atoms with van der Waals surface area (Å²) in [6.07, 6.45) is 0. The lowest BCUT2D eigenvalue weighted by atomic mass is 10.2. The molecule has 0 spiro atoms. The van der Waals surface area contributed by atoms with Gasteiger partial charge in [0.15, 0.2) is 0 Å². The van der Waals surface area contributed by atoms with E-state index in [-0.39, 0.29) is 31.9 Å².